The number of halogens is 5. The molecule has 2 rings (SSSR count). The van der Waals surface area contributed by atoms with Crippen molar-refractivity contribution in [2.75, 3.05) is 0 Å². The molecule has 6 heteroatoms. The summed E-state index contributed by atoms with van der Waals surface area (Å²) in [5.41, 5.74) is 0.536. The minimum atomic E-state index is -4.84. The number of hydrogen-bond acceptors (Lipinski definition) is 1. The summed E-state index contributed by atoms with van der Waals surface area (Å²) >= 11 is 0. The Kier molecular flexibility index (Phi) is 4.39. The molecule has 0 fully saturated rings. The molecule has 0 atom stereocenters. The molecule has 2 aromatic carbocycles. The number of hydrogen-bond donors (Lipinski definition) is 0. The third kappa shape index (κ3) is 3.75. The fourth-order valence-electron chi connectivity index (χ4n) is 2.12. The topological polar surface area (TPSA) is 9.23 Å². The van der Waals surface area contributed by atoms with E-state index >= 15 is 0 Å². The van der Waals surface area contributed by atoms with Crippen LogP contribution in [0.15, 0.2) is 36.4 Å². The van der Waals surface area contributed by atoms with Crippen LogP contribution in [0.25, 0.3) is 11.1 Å². The van der Waals surface area contributed by atoms with Crippen LogP contribution in [0.5, 0.6) is 5.75 Å². The molecule has 2 aromatic rings. The van der Waals surface area contributed by atoms with Gasteiger partial charge in [-0.2, -0.15) is 0 Å². The van der Waals surface area contributed by atoms with E-state index < -0.39 is 18.0 Å². The highest BCUT2D eigenvalue weighted by Crippen LogP contribution is 2.35. The highest BCUT2D eigenvalue weighted by molar-refractivity contribution is 5.67. The van der Waals surface area contributed by atoms with E-state index in [0.717, 1.165) is 12.1 Å². The lowest BCUT2D eigenvalue weighted by atomic mass is 9.97. The molecule has 0 saturated carbocycles. The summed E-state index contributed by atoms with van der Waals surface area (Å²) in [6.45, 7) is 3.44. The molecular weight excluding hydrogens is 303 g/mol. The molecule has 0 radical (unpaired) electrons. The monoisotopic (exact) mass is 316 g/mol. The van der Waals surface area contributed by atoms with E-state index in [4.69, 9.17) is 0 Å². The van der Waals surface area contributed by atoms with Crippen molar-refractivity contribution in [3.63, 3.8) is 0 Å². The smallest absolute Gasteiger partial charge is 0.405 e. The molecule has 0 heterocycles. The zero-order chi connectivity index (χ0) is 16.5. The lowest BCUT2D eigenvalue weighted by molar-refractivity contribution is -0.274. The van der Waals surface area contributed by atoms with Gasteiger partial charge in [-0.3, -0.25) is 0 Å². The van der Waals surface area contributed by atoms with Crippen LogP contribution in [0.4, 0.5) is 22.0 Å². The quantitative estimate of drug-likeness (QED) is 0.665. The van der Waals surface area contributed by atoms with Crippen LogP contribution in [0.1, 0.15) is 25.3 Å². The van der Waals surface area contributed by atoms with Crippen LogP contribution in [0.2, 0.25) is 0 Å². The summed E-state index contributed by atoms with van der Waals surface area (Å²) in [6, 6.07) is 6.93. The van der Waals surface area contributed by atoms with Crippen LogP contribution in [-0.4, -0.2) is 6.36 Å². The van der Waals surface area contributed by atoms with E-state index in [1.54, 1.807) is 13.8 Å². The molecule has 0 amide bonds. The second-order valence-corrected chi connectivity index (χ2v) is 5.08. The van der Waals surface area contributed by atoms with Crippen LogP contribution in [0, 0.1) is 11.6 Å². The highest BCUT2D eigenvalue weighted by Gasteiger charge is 2.32. The molecule has 0 aromatic heterocycles. The van der Waals surface area contributed by atoms with Crippen molar-refractivity contribution < 1.29 is 26.7 Å². The second-order valence-electron chi connectivity index (χ2n) is 5.08. The average molecular weight is 316 g/mol. The number of rotatable bonds is 3. The molecule has 1 nitrogen and oxygen atoms in total. The second kappa shape index (κ2) is 5.94. The lowest BCUT2D eigenvalue weighted by Crippen LogP contribution is -2.18. The summed E-state index contributed by atoms with van der Waals surface area (Å²) in [5.74, 6) is -2.20. The summed E-state index contributed by atoms with van der Waals surface area (Å²) in [4.78, 5) is 0. The van der Waals surface area contributed by atoms with E-state index in [2.05, 4.69) is 4.74 Å². The highest BCUT2D eigenvalue weighted by atomic mass is 19.4. The minimum Gasteiger partial charge on any atom is -0.405 e. The van der Waals surface area contributed by atoms with E-state index in [9.17, 15) is 22.0 Å². The van der Waals surface area contributed by atoms with Crippen molar-refractivity contribution in [3.05, 3.63) is 53.6 Å². The van der Waals surface area contributed by atoms with Crippen molar-refractivity contribution in [2.45, 2.75) is 26.1 Å². The van der Waals surface area contributed by atoms with Crippen LogP contribution in [0.3, 0.4) is 0 Å². The van der Waals surface area contributed by atoms with Crippen LogP contribution >= 0.6 is 0 Å². The van der Waals surface area contributed by atoms with Crippen molar-refractivity contribution in [1.82, 2.24) is 0 Å². The molecule has 0 bridgehead atoms. The molecule has 0 unspecified atom stereocenters. The van der Waals surface area contributed by atoms with Crippen molar-refractivity contribution in [2.24, 2.45) is 0 Å². The van der Waals surface area contributed by atoms with Crippen molar-refractivity contribution in [1.29, 1.82) is 0 Å². The summed E-state index contributed by atoms with van der Waals surface area (Å²) in [6.07, 6.45) is -4.84. The SMILES string of the molecule is CC(C)c1ccc(-c2ccc(F)cc2F)cc1OC(F)(F)F. The lowest BCUT2D eigenvalue weighted by Gasteiger charge is -2.17. The zero-order valence-electron chi connectivity index (χ0n) is 11.8. The summed E-state index contributed by atoms with van der Waals surface area (Å²) in [7, 11) is 0. The average Bonchev–Trinajstić information content (AvgIpc) is 2.36. The first kappa shape index (κ1) is 16.3. The van der Waals surface area contributed by atoms with Gasteiger partial charge < -0.3 is 4.74 Å². The Labute approximate surface area is 124 Å². The first-order valence-corrected chi connectivity index (χ1v) is 6.52. The van der Waals surface area contributed by atoms with Gasteiger partial charge in [-0.1, -0.05) is 26.0 Å². The molecule has 0 aliphatic carbocycles. The first-order valence-electron chi connectivity index (χ1n) is 6.52. The third-order valence-electron chi connectivity index (χ3n) is 3.10. The van der Waals surface area contributed by atoms with E-state index in [0.29, 0.717) is 11.6 Å². The Morgan fingerprint density at radius 3 is 2.18 bits per heavy atom. The molecule has 0 saturated heterocycles. The molecule has 0 N–H and O–H groups in total. The Balaban J connectivity index is 2.52. The van der Waals surface area contributed by atoms with E-state index in [1.165, 1.54) is 18.2 Å². The van der Waals surface area contributed by atoms with E-state index in [1.807, 2.05) is 0 Å². The normalized spacial score (nSPS) is 11.8. The van der Waals surface area contributed by atoms with E-state index in [-0.39, 0.29) is 22.8 Å². The number of alkyl halides is 3. The Bertz CT molecular complexity index is 677. The van der Waals surface area contributed by atoms with Crippen LogP contribution in [-0.2, 0) is 0 Å². The molecule has 0 aliphatic rings. The van der Waals surface area contributed by atoms with Gasteiger partial charge in [0.15, 0.2) is 0 Å². The van der Waals surface area contributed by atoms with Gasteiger partial charge in [0.2, 0.25) is 0 Å². The van der Waals surface area contributed by atoms with Crippen LogP contribution < -0.4 is 4.74 Å². The third-order valence-corrected chi connectivity index (χ3v) is 3.10. The maximum atomic E-state index is 13.8. The number of ether oxygens (including phenoxy) is 1. The fraction of sp³-hybridized carbons (Fsp3) is 0.250. The van der Waals surface area contributed by atoms with Crippen molar-refractivity contribution in [3.8, 4) is 16.9 Å². The largest absolute Gasteiger partial charge is 0.573 e. The van der Waals surface area contributed by atoms with Crippen molar-refractivity contribution >= 4 is 0 Å². The van der Waals surface area contributed by atoms with Gasteiger partial charge in [-0.25, -0.2) is 8.78 Å². The maximum absolute atomic E-state index is 13.8. The van der Waals surface area contributed by atoms with Gasteiger partial charge in [0.1, 0.15) is 17.4 Å². The van der Waals surface area contributed by atoms with Gasteiger partial charge in [0.05, 0.1) is 0 Å². The molecule has 22 heavy (non-hydrogen) atoms. The Hall–Kier alpha value is -2.11. The zero-order valence-corrected chi connectivity index (χ0v) is 11.8. The minimum absolute atomic E-state index is 0.00345. The van der Waals surface area contributed by atoms with Gasteiger partial charge in [0, 0.05) is 11.6 Å². The molecular formula is C16H13F5O. The van der Waals surface area contributed by atoms with Gasteiger partial charge in [-0.15, -0.1) is 13.2 Å². The predicted octanol–water partition coefficient (Wildman–Crippen LogP) is 5.65. The van der Waals surface area contributed by atoms with Gasteiger partial charge in [0.25, 0.3) is 0 Å². The molecule has 118 valence electrons. The summed E-state index contributed by atoms with van der Waals surface area (Å²) < 4.78 is 68.2. The first-order chi connectivity index (χ1) is 10.2. The maximum Gasteiger partial charge on any atom is 0.573 e. The fourth-order valence-corrected chi connectivity index (χ4v) is 2.12. The number of benzene rings is 2. The predicted molar refractivity (Wildman–Crippen MR) is 72.6 cm³/mol. The summed E-state index contributed by atoms with van der Waals surface area (Å²) in [5, 5.41) is 0. The Morgan fingerprint density at radius 2 is 1.64 bits per heavy atom. The Morgan fingerprint density at radius 1 is 0.955 bits per heavy atom. The molecule has 0 aliphatic heterocycles. The van der Waals surface area contributed by atoms with Gasteiger partial charge in [-0.05, 0) is 35.2 Å². The molecule has 0 spiro atoms. The standard InChI is InChI=1S/C16H13F5O/c1-9(2)12-5-3-10(7-15(12)22-16(19,20)21)13-6-4-11(17)8-14(13)18/h3-9H,1-2H3. The van der Waals surface area contributed by atoms with Gasteiger partial charge >= 0.3 is 6.36 Å².